The van der Waals surface area contributed by atoms with Gasteiger partial charge in [-0.05, 0) is 0 Å². The molecule has 108 valence electrons. The molecule has 0 atom stereocenters. The van der Waals surface area contributed by atoms with E-state index in [0.717, 1.165) is 17.4 Å². The third-order valence-electron chi connectivity index (χ3n) is 1.32. The number of carbonyl (C=O) groups is 2. The molecule has 0 saturated heterocycles. The monoisotopic (exact) mass is 292 g/mol. The van der Waals surface area contributed by atoms with Crippen LogP contribution in [0.1, 0.15) is 29.9 Å². The molecular formula is C10H16N2O6S. The molecule has 0 fully saturated rings. The number of thiophene rings is 1. The zero-order valence-electron chi connectivity index (χ0n) is 10.8. The van der Waals surface area contributed by atoms with Gasteiger partial charge < -0.3 is 15.6 Å². The smallest absolute Gasteiger partial charge is 0.348 e. The van der Waals surface area contributed by atoms with Crippen molar-refractivity contribution in [2.45, 2.75) is 20.3 Å². The number of ether oxygens (including phenoxy) is 1. The fraction of sp³-hybridized carbons (Fsp3) is 0.400. The quantitative estimate of drug-likeness (QED) is 0.369. The molecular weight excluding hydrogens is 276 g/mol. The van der Waals surface area contributed by atoms with Gasteiger partial charge in [0.1, 0.15) is 4.88 Å². The van der Waals surface area contributed by atoms with Crippen molar-refractivity contribution in [3.05, 3.63) is 21.1 Å². The third-order valence-corrected chi connectivity index (χ3v) is 2.26. The number of hydrogen-bond donors (Lipinski definition) is 2. The van der Waals surface area contributed by atoms with Crippen LogP contribution in [0.3, 0.4) is 0 Å². The van der Waals surface area contributed by atoms with E-state index in [1.165, 1.54) is 13.5 Å². The molecule has 0 aromatic carbocycles. The molecule has 0 bridgehead atoms. The van der Waals surface area contributed by atoms with Crippen LogP contribution in [0.25, 0.3) is 0 Å². The predicted molar refractivity (Wildman–Crippen MR) is 71.4 cm³/mol. The van der Waals surface area contributed by atoms with Gasteiger partial charge in [0.05, 0.1) is 12.0 Å². The van der Waals surface area contributed by atoms with Gasteiger partial charge in [0.25, 0.3) is 6.47 Å². The second-order valence-corrected chi connectivity index (χ2v) is 4.01. The molecule has 0 aliphatic heterocycles. The number of nitrogens with zero attached hydrogens (tertiary/aromatic N) is 1. The van der Waals surface area contributed by atoms with Gasteiger partial charge in [-0.15, -0.1) is 11.3 Å². The Morgan fingerprint density at radius 3 is 2.32 bits per heavy atom. The highest BCUT2D eigenvalue weighted by atomic mass is 32.1. The predicted octanol–water partition coefficient (Wildman–Crippen LogP) is 2.14. The Kier molecular flexibility index (Phi) is 11.1. The Morgan fingerprint density at radius 2 is 2.05 bits per heavy atom. The summed E-state index contributed by atoms with van der Waals surface area (Å²) in [5.74, 6) is -0.621. The lowest BCUT2D eigenvalue weighted by atomic mass is 10.4. The minimum Gasteiger partial charge on any atom is -0.483 e. The van der Waals surface area contributed by atoms with E-state index in [9.17, 15) is 14.9 Å². The number of nitro groups is 1. The van der Waals surface area contributed by atoms with Gasteiger partial charge in [-0.2, -0.15) is 0 Å². The van der Waals surface area contributed by atoms with Crippen LogP contribution in [-0.2, 0) is 9.53 Å². The molecule has 1 aromatic heterocycles. The van der Waals surface area contributed by atoms with Gasteiger partial charge in [-0.1, -0.05) is 20.3 Å². The Hall–Kier alpha value is -2.16. The van der Waals surface area contributed by atoms with E-state index in [4.69, 9.17) is 15.6 Å². The fourth-order valence-electron chi connectivity index (χ4n) is 0.739. The molecule has 0 aliphatic carbocycles. The van der Waals surface area contributed by atoms with Crippen molar-refractivity contribution in [3.63, 3.8) is 0 Å². The molecule has 1 aromatic rings. The molecule has 3 N–H and O–H groups in total. The molecule has 0 radical (unpaired) electrons. The minimum atomic E-state index is -0.641. The van der Waals surface area contributed by atoms with E-state index < -0.39 is 10.9 Å². The van der Waals surface area contributed by atoms with Gasteiger partial charge in [0.2, 0.25) is 0 Å². The van der Waals surface area contributed by atoms with E-state index in [1.54, 1.807) is 0 Å². The number of anilines is 1. The number of rotatable bonds is 2. The number of carbonyl (C=O) groups excluding carboxylic acids is 1. The fourth-order valence-corrected chi connectivity index (χ4v) is 1.55. The van der Waals surface area contributed by atoms with Gasteiger partial charge in [-0.3, -0.25) is 14.9 Å². The van der Waals surface area contributed by atoms with Crippen molar-refractivity contribution < 1.29 is 24.4 Å². The number of methoxy groups -OCH3 is 1. The zero-order chi connectivity index (χ0) is 15.4. The maximum Gasteiger partial charge on any atom is 0.348 e. The summed E-state index contributed by atoms with van der Waals surface area (Å²) in [7, 11) is 1.20. The molecule has 8 nitrogen and oxygen atoms in total. The lowest BCUT2D eigenvalue weighted by Crippen LogP contribution is -1.97. The summed E-state index contributed by atoms with van der Waals surface area (Å²) in [5, 5.41) is 17.2. The van der Waals surface area contributed by atoms with Crippen molar-refractivity contribution in [2.75, 3.05) is 12.8 Å². The first-order valence-corrected chi connectivity index (χ1v) is 5.90. The SMILES string of the molecule is CCC.COC(=O)c1cc([N+](=O)[O-])c(N)s1.O=CO. The number of nitrogens with two attached hydrogens (primary N) is 1. The molecule has 0 spiro atoms. The highest BCUT2D eigenvalue weighted by Crippen LogP contribution is 2.31. The molecule has 0 aliphatic rings. The zero-order valence-corrected chi connectivity index (χ0v) is 11.6. The number of carboxylic acid groups (broad SMARTS) is 1. The van der Waals surface area contributed by atoms with Gasteiger partial charge >= 0.3 is 11.7 Å². The Bertz CT molecular complexity index is 418. The summed E-state index contributed by atoms with van der Waals surface area (Å²) in [6.45, 7) is 4.00. The van der Waals surface area contributed by atoms with Gasteiger partial charge in [0.15, 0.2) is 5.00 Å². The van der Waals surface area contributed by atoms with E-state index in [2.05, 4.69) is 18.6 Å². The van der Waals surface area contributed by atoms with E-state index >= 15 is 0 Å². The van der Waals surface area contributed by atoms with Crippen molar-refractivity contribution in [3.8, 4) is 0 Å². The normalized spacial score (nSPS) is 8.16. The van der Waals surface area contributed by atoms with Crippen LogP contribution < -0.4 is 5.73 Å². The van der Waals surface area contributed by atoms with Crippen molar-refractivity contribution in [2.24, 2.45) is 0 Å². The topological polar surface area (TPSA) is 133 Å². The first-order valence-electron chi connectivity index (χ1n) is 5.09. The average Bonchev–Trinajstić information content (AvgIpc) is 2.72. The van der Waals surface area contributed by atoms with E-state index in [1.807, 2.05) is 0 Å². The maximum absolute atomic E-state index is 10.9. The van der Waals surface area contributed by atoms with Crippen LogP contribution in [0.2, 0.25) is 0 Å². The second kappa shape index (κ2) is 11.0. The summed E-state index contributed by atoms with van der Waals surface area (Å²) < 4.78 is 4.38. The number of nitrogen functional groups attached to an aromatic ring is 1. The van der Waals surface area contributed by atoms with Crippen LogP contribution in [0, 0.1) is 10.1 Å². The molecule has 19 heavy (non-hydrogen) atoms. The summed E-state index contributed by atoms with van der Waals surface area (Å²) in [6, 6.07) is 1.10. The highest BCUT2D eigenvalue weighted by Gasteiger charge is 2.20. The molecule has 1 heterocycles. The lowest BCUT2D eigenvalue weighted by Gasteiger charge is -1.90. The molecule has 0 unspecified atom stereocenters. The van der Waals surface area contributed by atoms with Crippen molar-refractivity contribution in [1.82, 2.24) is 0 Å². The van der Waals surface area contributed by atoms with Gasteiger partial charge in [-0.25, -0.2) is 4.79 Å². The number of hydrogen-bond acceptors (Lipinski definition) is 7. The van der Waals surface area contributed by atoms with Gasteiger partial charge in [0, 0.05) is 6.07 Å². The van der Waals surface area contributed by atoms with Crippen molar-refractivity contribution in [1.29, 1.82) is 0 Å². The van der Waals surface area contributed by atoms with Crippen LogP contribution in [0.5, 0.6) is 0 Å². The summed E-state index contributed by atoms with van der Waals surface area (Å²) >= 11 is 0.837. The van der Waals surface area contributed by atoms with E-state index in [0.29, 0.717) is 0 Å². The van der Waals surface area contributed by atoms with Crippen LogP contribution in [0.15, 0.2) is 6.07 Å². The van der Waals surface area contributed by atoms with Crippen LogP contribution >= 0.6 is 11.3 Å². The largest absolute Gasteiger partial charge is 0.483 e. The highest BCUT2D eigenvalue weighted by molar-refractivity contribution is 7.18. The van der Waals surface area contributed by atoms with E-state index in [-0.39, 0.29) is 22.0 Å². The standard InChI is InChI=1S/C6H6N2O4S.C3H8.CH2O2/c1-12-6(9)4-2-3(8(10)11)5(7)13-4;1-3-2;2-1-3/h2H,7H2,1H3;3H2,1-2H3;1H,(H,2,3). The number of esters is 1. The average molecular weight is 292 g/mol. The molecule has 9 heteroatoms. The summed E-state index contributed by atoms with van der Waals surface area (Å²) in [4.78, 5) is 29.1. The second-order valence-electron chi connectivity index (χ2n) is 2.92. The maximum atomic E-state index is 10.9. The summed E-state index contributed by atoms with van der Waals surface area (Å²) in [5.41, 5.74) is 5.04. The molecule has 1 rings (SSSR count). The Morgan fingerprint density at radius 1 is 1.63 bits per heavy atom. The van der Waals surface area contributed by atoms with Crippen LogP contribution in [0.4, 0.5) is 10.7 Å². The van der Waals surface area contributed by atoms with Crippen molar-refractivity contribution >= 4 is 34.5 Å². The molecule has 0 amide bonds. The minimum absolute atomic E-state index is 0.00500. The molecule has 0 saturated carbocycles. The summed E-state index contributed by atoms with van der Waals surface area (Å²) in [6.07, 6.45) is 1.25. The Balaban J connectivity index is 0. The third kappa shape index (κ3) is 7.71. The van der Waals surface area contributed by atoms with Crippen LogP contribution in [-0.4, -0.2) is 29.6 Å². The lowest BCUT2D eigenvalue weighted by molar-refractivity contribution is -0.383. The Labute approximate surface area is 113 Å². The first-order chi connectivity index (χ1) is 8.89. The first kappa shape index (κ1) is 19.2.